The molecule has 1 heterocycles. The van der Waals surface area contributed by atoms with Crippen molar-refractivity contribution in [3.05, 3.63) is 40.2 Å². The standard InChI is InChI=1S/C25H33NO6/c1-6-7-8-12-32-25(28)21-15(2)26-17-10-9-11-18(27)23(17)22(21)16-13-19(29-3)24(31-5)20(14-16)30-4/h13-14,22,26H,6-12H2,1-5H3/t22-/m1/s1. The zero-order valence-electron chi connectivity index (χ0n) is 19.6. The minimum absolute atomic E-state index is 0.0429. The molecule has 0 saturated carbocycles. The largest absolute Gasteiger partial charge is 0.493 e. The number of Topliss-reactive ketones (excluding diaryl/α,β-unsaturated/α-hetero) is 1. The van der Waals surface area contributed by atoms with Crippen molar-refractivity contribution in [2.45, 2.75) is 58.3 Å². The lowest BCUT2D eigenvalue weighted by Crippen LogP contribution is -2.34. The third kappa shape index (κ3) is 4.61. The lowest BCUT2D eigenvalue weighted by atomic mass is 9.75. The smallest absolute Gasteiger partial charge is 0.336 e. The molecule has 0 amide bonds. The van der Waals surface area contributed by atoms with Crippen LogP contribution in [-0.2, 0) is 14.3 Å². The number of hydrogen-bond donors (Lipinski definition) is 1. The molecule has 1 aliphatic carbocycles. The number of carbonyl (C=O) groups is 2. The van der Waals surface area contributed by atoms with Gasteiger partial charge in [-0.2, -0.15) is 0 Å². The molecule has 0 bridgehead atoms. The summed E-state index contributed by atoms with van der Waals surface area (Å²) >= 11 is 0. The van der Waals surface area contributed by atoms with Crippen LogP contribution in [0.25, 0.3) is 0 Å². The quantitative estimate of drug-likeness (QED) is 0.447. The van der Waals surface area contributed by atoms with E-state index in [1.807, 2.05) is 19.1 Å². The minimum atomic E-state index is -0.563. The third-order valence-corrected chi connectivity index (χ3v) is 6.00. The maximum Gasteiger partial charge on any atom is 0.336 e. The van der Waals surface area contributed by atoms with Crippen LogP contribution in [0.3, 0.4) is 0 Å². The van der Waals surface area contributed by atoms with Crippen LogP contribution in [0.15, 0.2) is 34.7 Å². The maximum atomic E-state index is 13.2. The van der Waals surface area contributed by atoms with E-state index in [1.54, 1.807) is 21.3 Å². The van der Waals surface area contributed by atoms with Gasteiger partial charge in [0, 0.05) is 29.3 Å². The Hall–Kier alpha value is -2.96. The van der Waals surface area contributed by atoms with Crippen molar-refractivity contribution in [2.75, 3.05) is 27.9 Å². The number of methoxy groups -OCH3 is 3. The number of dihydropyridines is 1. The van der Waals surface area contributed by atoms with Crippen molar-refractivity contribution in [3.63, 3.8) is 0 Å². The van der Waals surface area contributed by atoms with Gasteiger partial charge >= 0.3 is 5.97 Å². The summed E-state index contributed by atoms with van der Waals surface area (Å²) in [6, 6.07) is 3.61. The zero-order chi connectivity index (χ0) is 23.3. The molecule has 3 rings (SSSR count). The lowest BCUT2D eigenvalue weighted by molar-refractivity contribution is -0.139. The van der Waals surface area contributed by atoms with E-state index in [4.69, 9.17) is 18.9 Å². The molecule has 0 spiro atoms. The SMILES string of the molecule is CCCCCOC(=O)C1=C(C)NC2=C(C(=O)CCC2)[C@@H]1c1cc(OC)c(OC)c(OC)c1. The molecule has 0 fully saturated rings. The van der Waals surface area contributed by atoms with E-state index in [1.165, 1.54) is 0 Å². The average Bonchev–Trinajstić information content (AvgIpc) is 2.79. The third-order valence-electron chi connectivity index (χ3n) is 6.00. The van der Waals surface area contributed by atoms with Gasteiger partial charge in [-0.05, 0) is 43.9 Å². The van der Waals surface area contributed by atoms with Gasteiger partial charge in [-0.1, -0.05) is 19.8 Å². The highest BCUT2D eigenvalue weighted by molar-refractivity contribution is 6.03. The summed E-state index contributed by atoms with van der Waals surface area (Å²) in [4.78, 5) is 26.3. The van der Waals surface area contributed by atoms with Crippen LogP contribution in [0.5, 0.6) is 17.2 Å². The number of unbranched alkanes of at least 4 members (excludes halogenated alkanes) is 2. The molecular formula is C25H33NO6. The molecule has 174 valence electrons. The predicted molar refractivity (Wildman–Crippen MR) is 121 cm³/mol. The number of hydrogen-bond acceptors (Lipinski definition) is 7. The summed E-state index contributed by atoms with van der Waals surface area (Å²) in [6.07, 6.45) is 4.85. The second-order valence-electron chi connectivity index (χ2n) is 8.07. The molecule has 7 heteroatoms. The first-order valence-electron chi connectivity index (χ1n) is 11.2. The van der Waals surface area contributed by atoms with Gasteiger partial charge in [-0.15, -0.1) is 0 Å². The van der Waals surface area contributed by atoms with E-state index in [-0.39, 0.29) is 5.78 Å². The first-order valence-corrected chi connectivity index (χ1v) is 11.2. The van der Waals surface area contributed by atoms with Crippen molar-refractivity contribution in [1.82, 2.24) is 5.32 Å². The topological polar surface area (TPSA) is 83.1 Å². The van der Waals surface area contributed by atoms with E-state index in [2.05, 4.69) is 12.2 Å². The number of rotatable bonds is 9. The molecule has 1 N–H and O–H groups in total. The number of nitrogens with one attached hydrogen (secondary N) is 1. The number of ether oxygens (including phenoxy) is 4. The van der Waals surface area contributed by atoms with Gasteiger partial charge < -0.3 is 24.3 Å². The molecule has 0 radical (unpaired) electrons. The van der Waals surface area contributed by atoms with Crippen molar-refractivity contribution < 1.29 is 28.5 Å². The Morgan fingerprint density at radius 3 is 2.34 bits per heavy atom. The summed E-state index contributed by atoms with van der Waals surface area (Å²) in [6.45, 7) is 4.31. The van der Waals surface area contributed by atoms with Gasteiger partial charge in [0.1, 0.15) is 0 Å². The van der Waals surface area contributed by atoms with Crippen LogP contribution in [0.1, 0.15) is 63.9 Å². The molecular weight excluding hydrogens is 410 g/mol. The molecule has 1 atom stereocenters. The highest BCUT2D eigenvalue weighted by Crippen LogP contribution is 2.47. The monoisotopic (exact) mass is 443 g/mol. The van der Waals surface area contributed by atoms with E-state index < -0.39 is 11.9 Å². The van der Waals surface area contributed by atoms with Gasteiger partial charge in [0.05, 0.1) is 33.5 Å². The Labute approximate surface area is 189 Å². The number of ketones is 1. The number of esters is 1. The average molecular weight is 444 g/mol. The molecule has 7 nitrogen and oxygen atoms in total. The number of carbonyl (C=O) groups excluding carboxylic acids is 2. The van der Waals surface area contributed by atoms with E-state index in [9.17, 15) is 9.59 Å². The first kappa shape index (κ1) is 23.7. The summed E-state index contributed by atoms with van der Waals surface area (Å²) in [5, 5.41) is 3.31. The highest BCUT2D eigenvalue weighted by atomic mass is 16.5. The van der Waals surface area contributed by atoms with Crippen LogP contribution in [0.2, 0.25) is 0 Å². The fourth-order valence-electron chi connectivity index (χ4n) is 4.45. The number of benzene rings is 1. The molecule has 2 aliphatic rings. The van der Waals surface area contributed by atoms with Gasteiger partial charge in [0.15, 0.2) is 17.3 Å². The molecule has 32 heavy (non-hydrogen) atoms. The van der Waals surface area contributed by atoms with Gasteiger partial charge in [-0.25, -0.2) is 4.79 Å². The minimum Gasteiger partial charge on any atom is -0.493 e. The van der Waals surface area contributed by atoms with Crippen LogP contribution in [0, 0.1) is 0 Å². The van der Waals surface area contributed by atoms with Crippen molar-refractivity contribution in [3.8, 4) is 17.2 Å². The molecule has 0 saturated heterocycles. The summed E-state index contributed by atoms with van der Waals surface area (Å²) < 4.78 is 22.1. The van der Waals surface area contributed by atoms with Crippen molar-refractivity contribution in [2.24, 2.45) is 0 Å². The van der Waals surface area contributed by atoms with Crippen LogP contribution in [0.4, 0.5) is 0 Å². The fourth-order valence-corrected chi connectivity index (χ4v) is 4.45. The summed E-state index contributed by atoms with van der Waals surface area (Å²) in [5.74, 6) is 0.474. The lowest BCUT2D eigenvalue weighted by Gasteiger charge is -2.34. The number of allylic oxidation sites excluding steroid dienone is 3. The van der Waals surface area contributed by atoms with Gasteiger partial charge in [0.2, 0.25) is 5.75 Å². The second kappa shape index (κ2) is 10.6. The molecule has 0 aromatic heterocycles. The van der Waals surface area contributed by atoms with E-state index >= 15 is 0 Å². The highest BCUT2D eigenvalue weighted by Gasteiger charge is 2.39. The fraction of sp³-hybridized carbons (Fsp3) is 0.520. The Morgan fingerprint density at radius 1 is 1.06 bits per heavy atom. The molecule has 1 aromatic carbocycles. The first-order chi connectivity index (χ1) is 15.5. The molecule has 1 aromatic rings. The molecule has 1 aliphatic heterocycles. The van der Waals surface area contributed by atoms with Crippen LogP contribution >= 0.6 is 0 Å². The van der Waals surface area contributed by atoms with Crippen molar-refractivity contribution in [1.29, 1.82) is 0 Å². The predicted octanol–water partition coefficient (Wildman–Crippen LogP) is 4.41. The van der Waals surface area contributed by atoms with Crippen molar-refractivity contribution >= 4 is 11.8 Å². The molecule has 0 unspecified atom stereocenters. The summed E-state index contributed by atoms with van der Waals surface area (Å²) in [7, 11) is 4.63. The van der Waals surface area contributed by atoms with Gasteiger partial charge in [-0.3, -0.25) is 4.79 Å². The maximum absolute atomic E-state index is 13.2. The Morgan fingerprint density at radius 2 is 1.75 bits per heavy atom. The van der Waals surface area contributed by atoms with Gasteiger partial charge in [0.25, 0.3) is 0 Å². The Bertz CT molecular complexity index is 921. The van der Waals surface area contributed by atoms with Crippen LogP contribution < -0.4 is 19.5 Å². The zero-order valence-corrected chi connectivity index (χ0v) is 19.6. The van der Waals surface area contributed by atoms with E-state index in [0.29, 0.717) is 47.1 Å². The van der Waals surface area contributed by atoms with Crippen LogP contribution in [-0.4, -0.2) is 39.7 Å². The second-order valence-corrected chi connectivity index (χ2v) is 8.07. The normalized spacial score (nSPS) is 18.2. The van der Waals surface area contributed by atoms with E-state index in [0.717, 1.165) is 43.4 Å². The Kier molecular flexibility index (Phi) is 7.83. The summed E-state index contributed by atoms with van der Waals surface area (Å²) in [5.41, 5.74) is 3.38. The Balaban J connectivity index is 2.12.